The van der Waals surface area contributed by atoms with Gasteiger partial charge in [0.1, 0.15) is 0 Å². The van der Waals surface area contributed by atoms with Crippen LogP contribution in [0.15, 0.2) is 11.6 Å². The molecule has 3 nitrogen and oxygen atoms in total. The maximum absolute atomic E-state index is 11.0. The van der Waals surface area contributed by atoms with Gasteiger partial charge in [-0.3, -0.25) is 4.79 Å². The largest absolute Gasteiger partial charge is 0.481 e. The van der Waals surface area contributed by atoms with E-state index in [9.17, 15) is 9.90 Å². The molecule has 4 rings (SSSR count). The Morgan fingerprint density at radius 1 is 1.22 bits per heavy atom. The number of carbonyl (C=O) groups is 1. The highest BCUT2D eigenvalue weighted by atomic mass is 16.4. The summed E-state index contributed by atoms with van der Waals surface area (Å²) in [6, 6.07) is 0. The Labute approximate surface area is 164 Å². The van der Waals surface area contributed by atoms with Crippen molar-refractivity contribution in [3.8, 4) is 0 Å². The number of aliphatic hydroxyl groups is 1. The standard InChI is InChI=1S/C24H38O3/c1-15(4-9-22(26)27)19-7-8-20-18-6-5-16-14-17(25)10-12-23(16,2)21(18)11-13-24(19,20)3/h8,15-19,21,25H,4-7,9-14H2,1-3H3,(H,26,27)/t15-,16-,17-,18+,19-,21+,23+,24-/m1/s1. The minimum Gasteiger partial charge on any atom is -0.481 e. The Balaban J connectivity index is 1.53. The molecular formula is C24H38O3. The van der Waals surface area contributed by atoms with Gasteiger partial charge in [0.05, 0.1) is 6.10 Å². The van der Waals surface area contributed by atoms with Gasteiger partial charge in [-0.05, 0) is 98.2 Å². The first-order valence-electron chi connectivity index (χ1n) is 11.4. The summed E-state index contributed by atoms with van der Waals surface area (Å²) in [4.78, 5) is 11.0. The Hall–Kier alpha value is -0.830. The van der Waals surface area contributed by atoms with E-state index in [2.05, 4.69) is 26.8 Å². The smallest absolute Gasteiger partial charge is 0.303 e. The first-order chi connectivity index (χ1) is 12.8. The molecule has 2 N–H and O–H groups in total. The van der Waals surface area contributed by atoms with Crippen LogP contribution in [-0.4, -0.2) is 22.3 Å². The van der Waals surface area contributed by atoms with E-state index >= 15 is 0 Å². The predicted molar refractivity (Wildman–Crippen MR) is 107 cm³/mol. The van der Waals surface area contributed by atoms with Crippen LogP contribution in [0.25, 0.3) is 0 Å². The van der Waals surface area contributed by atoms with E-state index in [0.29, 0.717) is 29.6 Å². The molecule has 0 aromatic rings. The number of rotatable bonds is 4. The summed E-state index contributed by atoms with van der Waals surface area (Å²) in [7, 11) is 0. The molecule has 3 saturated carbocycles. The zero-order valence-corrected chi connectivity index (χ0v) is 17.4. The number of aliphatic carboxylic acids is 1. The predicted octanol–water partition coefficient (Wildman–Crippen LogP) is 5.43. The first kappa shape index (κ1) is 19.5. The molecule has 4 aliphatic carbocycles. The van der Waals surface area contributed by atoms with E-state index in [4.69, 9.17) is 5.11 Å². The Morgan fingerprint density at radius 2 is 2.00 bits per heavy atom. The van der Waals surface area contributed by atoms with Gasteiger partial charge in [0, 0.05) is 6.42 Å². The number of allylic oxidation sites excluding steroid dienone is 2. The summed E-state index contributed by atoms with van der Waals surface area (Å²) >= 11 is 0. The van der Waals surface area contributed by atoms with Crippen molar-refractivity contribution in [2.45, 2.75) is 91.1 Å². The van der Waals surface area contributed by atoms with Crippen molar-refractivity contribution in [3.05, 3.63) is 11.6 Å². The lowest BCUT2D eigenvalue weighted by Crippen LogP contribution is -2.52. The molecular weight excluding hydrogens is 336 g/mol. The Morgan fingerprint density at radius 3 is 2.74 bits per heavy atom. The molecule has 3 fully saturated rings. The number of aliphatic hydroxyl groups excluding tert-OH is 1. The second kappa shape index (κ2) is 6.90. The van der Waals surface area contributed by atoms with Crippen LogP contribution < -0.4 is 0 Å². The normalized spacial score (nSPS) is 47.4. The quantitative estimate of drug-likeness (QED) is 0.645. The fourth-order valence-electron chi connectivity index (χ4n) is 8.01. The van der Waals surface area contributed by atoms with E-state index < -0.39 is 5.97 Å². The van der Waals surface area contributed by atoms with Crippen molar-refractivity contribution in [3.63, 3.8) is 0 Å². The van der Waals surface area contributed by atoms with Crippen LogP contribution in [0.2, 0.25) is 0 Å². The molecule has 152 valence electrons. The van der Waals surface area contributed by atoms with Crippen LogP contribution >= 0.6 is 0 Å². The molecule has 0 spiro atoms. The third-order valence-corrected chi connectivity index (χ3v) is 9.61. The van der Waals surface area contributed by atoms with Crippen molar-refractivity contribution in [1.82, 2.24) is 0 Å². The molecule has 3 heteroatoms. The summed E-state index contributed by atoms with van der Waals surface area (Å²) in [6.07, 6.45) is 13.1. The van der Waals surface area contributed by atoms with Crippen LogP contribution in [0.5, 0.6) is 0 Å². The summed E-state index contributed by atoms with van der Waals surface area (Å²) < 4.78 is 0. The highest BCUT2D eigenvalue weighted by molar-refractivity contribution is 5.66. The molecule has 0 aliphatic heterocycles. The maximum Gasteiger partial charge on any atom is 0.303 e. The van der Waals surface area contributed by atoms with Crippen molar-refractivity contribution in [2.75, 3.05) is 0 Å². The number of carboxylic acid groups (broad SMARTS) is 1. The van der Waals surface area contributed by atoms with Crippen LogP contribution in [0.1, 0.15) is 85.0 Å². The minimum atomic E-state index is -0.660. The third kappa shape index (κ3) is 3.09. The zero-order valence-electron chi connectivity index (χ0n) is 17.4. The number of fused-ring (bicyclic) bond motifs is 5. The molecule has 0 aromatic heterocycles. The third-order valence-electron chi connectivity index (χ3n) is 9.61. The maximum atomic E-state index is 11.0. The van der Waals surface area contributed by atoms with Crippen molar-refractivity contribution in [2.24, 2.45) is 40.4 Å². The lowest BCUT2D eigenvalue weighted by Gasteiger charge is -2.59. The fourth-order valence-corrected chi connectivity index (χ4v) is 8.01. The second-order valence-electron chi connectivity index (χ2n) is 10.8. The van der Waals surface area contributed by atoms with E-state index in [1.807, 2.05) is 0 Å². The number of carboxylic acids is 1. The number of hydrogen-bond donors (Lipinski definition) is 2. The SMILES string of the molecule is C[C@H](CCC(=O)O)[C@H]1CC=C2[C@@H]3CC[C@@H]4C[C@H](O)CC[C@]4(C)[C@H]3CC[C@@]21C. The molecule has 4 aliphatic rings. The van der Waals surface area contributed by atoms with Crippen molar-refractivity contribution in [1.29, 1.82) is 0 Å². The summed E-state index contributed by atoms with van der Waals surface area (Å²) in [5.74, 6) is 2.67. The van der Waals surface area contributed by atoms with Gasteiger partial charge in [0.2, 0.25) is 0 Å². The van der Waals surface area contributed by atoms with Gasteiger partial charge in [-0.2, -0.15) is 0 Å². The van der Waals surface area contributed by atoms with Crippen LogP contribution in [0.4, 0.5) is 0 Å². The lowest BCUT2D eigenvalue weighted by molar-refractivity contribution is -0.137. The molecule has 0 radical (unpaired) electrons. The van der Waals surface area contributed by atoms with Gasteiger partial charge in [-0.1, -0.05) is 32.4 Å². The second-order valence-corrected chi connectivity index (χ2v) is 10.8. The topological polar surface area (TPSA) is 57.5 Å². The van der Waals surface area contributed by atoms with E-state index in [1.165, 1.54) is 32.1 Å². The highest BCUT2D eigenvalue weighted by Gasteiger charge is 2.57. The molecule has 0 heterocycles. The van der Waals surface area contributed by atoms with Gasteiger partial charge in [-0.25, -0.2) is 0 Å². The minimum absolute atomic E-state index is 0.0707. The van der Waals surface area contributed by atoms with Crippen LogP contribution in [-0.2, 0) is 4.79 Å². The van der Waals surface area contributed by atoms with E-state index in [1.54, 1.807) is 5.57 Å². The monoisotopic (exact) mass is 374 g/mol. The summed E-state index contributed by atoms with van der Waals surface area (Å²) in [5, 5.41) is 19.3. The van der Waals surface area contributed by atoms with Gasteiger partial charge in [0.15, 0.2) is 0 Å². The average molecular weight is 375 g/mol. The van der Waals surface area contributed by atoms with Crippen LogP contribution in [0.3, 0.4) is 0 Å². The van der Waals surface area contributed by atoms with Crippen LogP contribution in [0, 0.1) is 40.4 Å². The average Bonchev–Trinajstić information content (AvgIpc) is 2.97. The first-order valence-corrected chi connectivity index (χ1v) is 11.4. The van der Waals surface area contributed by atoms with Gasteiger partial charge in [-0.15, -0.1) is 0 Å². The fraction of sp³-hybridized carbons (Fsp3) is 0.875. The van der Waals surface area contributed by atoms with Crippen molar-refractivity contribution >= 4 is 5.97 Å². The summed E-state index contributed by atoms with van der Waals surface area (Å²) in [6.45, 7) is 7.30. The van der Waals surface area contributed by atoms with Gasteiger partial charge >= 0.3 is 5.97 Å². The van der Waals surface area contributed by atoms with E-state index in [-0.39, 0.29) is 11.5 Å². The Bertz CT molecular complexity index is 625. The number of hydrogen-bond acceptors (Lipinski definition) is 2. The van der Waals surface area contributed by atoms with Crippen molar-refractivity contribution < 1.29 is 15.0 Å². The Kier molecular flexibility index (Phi) is 4.98. The lowest BCUT2D eigenvalue weighted by atomic mass is 9.45. The molecule has 27 heavy (non-hydrogen) atoms. The molecule has 0 unspecified atom stereocenters. The molecule has 8 atom stereocenters. The molecule has 0 aromatic carbocycles. The molecule has 0 amide bonds. The summed E-state index contributed by atoms with van der Waals surface area (Å²) in [5.41, 5.74) is 2.44. The molecule has 0 bridgehead atoms. The highest BCUT2D eigenvalue weighted by Crippen LogP contribution is 2.66. The zero-order chi connectivity index (χ0) is 19.4. The van der Waals surface area contributed by atoms with Gasteiger partial charge in [0.25, 0.3) is 0 Å². The van der Waals surface area contributed by atoms with Gasteiger partial charge < -0.3 is 10.2 Å². The van der Waals surface area contributed by atoms with E-state index in [0.717, 1.165) is 37.5 Å². The molecule has 0 saturated heterocycles.